The topological polar surface area (TPSA) is 112 Å². The maximum absolute atomic E-state index is 12.5. The number of hydrogen-bond acceptors (Lipinski definition) is 10. The van der Waals surface area contributed by atoms with E-state index in [0.717, 1.165) is 12.8 Å². The molecule has 0 amide bonds. The number of nitrogens with zero attached hydrogens (tertiary/aromatic N) is 3. The van der Waals surface area contributed by atoms with Gasteiger partial charge in [0.1, 0.15) is 6.61 Å². The lowest BCUT2D eigenvalue weighted by atomic mass is 9.81. The van der Waals surface area contributed by atoms with Crippen molar-refractivity contribution in [3.63, 3.8) is 0 Å². The van der Waals surface area contributed by atoms with Crippen LogP contribution in [0, 0.1) is 0 Å². The number of hydrogen-bond donors (Lipinski definition) is 1. The van der Waals surface area contributed by atoms with Crippen LogP contribution in [0.15, 0.2) is 57.6 Å². The van der Waals surface area contributed by atoms with Crippen LogP contribution < -0.4 is 0 Å². The summed E-state index contributed by atoms with van der Waals surface area (Å²) in [6.45, 7) is 2.41. The third kappa shape index (κ3) is 5.09. The summed E-state index contributed by atoms with van der Waals surface area (Å²) in [6, 6.07) is 10.2. The highest BCUT2D eigenvalue weighted by Gasteiger charge is 2.47. The number of rotatable bonds is 7. The van der Waals surface area contributed by atoms with Gasteiger partial charge in [0.15, 0.2) is 0 Å². The SMILES string of the molecule is CCOOCc1csc(N=NC2=C(O)OC3(CCC(c4ccccc4)CC3)OC2=O)n1. The van der Waals surface area contributed by atoms with Crippen LogP contribution in [-0.4, -0.2) is 28.5 Å². The molecule has 4 rings (SSSR count). The molecule has 0 atom stereocenters. The number of aromatic nitrogens is 1. The van der Waals surface area contributed by atoms with Gasteiger partial charge in [0.05, 0.1) is 12.3 Å². The zero-order valence-corrected chi connectivity index (χ0v) is 17.8. The molecule has 1 aliphatic carbocycles. The fourth-order valence-corrected chi connectivity index (χ4v) is 4.26. The number of carbonyl (C=O) groups is 1. The summed E-state index contributed by atoms with van der Waals surface area (Å²) in [4.78, 5) is 26.4. The van der Waals surface area contributed by atoms with Crippen molar-refractivity contribution in [3.8, 4) is 0 Å². The van der Waals surface area contributed by atoms with Gasteiger partial charge in [0.2, 0.25) is 5.13 Å². The fourth-order valence-electron chi connectivity index (χ4n) is 3.64. The Labute approximate surface area is 183 Å². The summed E-state index contributed by atoms with van der Waals surface area (Å²) < 4.78 is 11.2. The molecule has 0 radical (unpaired) electrons. The van der Waals surface area contributed by atoms with Gasteiger partial charge in [-0.05, 0) is 31.2 Å². The van der Waals surface area contributed by atoms with Crippen molar-refractivity contribution >= 4 is 22.4 Å². The first-order valence-electron chi connectivity index (χ1n) is 10.1. The predicted octanol–water partition coefficient (Wildman–Crippen LogP) is 5.05. The predicted molar refractivity (Wildman–Crippen MR) is 110 cm³/mol. The molecule has 1 fully saturated rings. The molecule has 10 heteroatoms. The molecule has 31 heavy (non-hydrogen) atoms. The lowest BCUT2D eigenvalue weighted by Gasteiger charge is -2.40. The van der Waals surface area contributed by atoms with E-state index in [9.17, 15) is 9.90 Å². The van der Waals surface area contributed by atoms with Gasteiger partial charge in [-0.3, -0.25) is 0 Å². The van der Waals surface area contributed by atoms with E-state index in [1.807, 2.05) is 25.1 Å². The van der Waals surface area contributed by atoms with E-state index >= 15 is 0 Å². The molecule has 1 saturated carbocycles. The second-order valence-electron chi connectivity index (χ2n) is 7.23. The van der Waals surface area contributed by atoms with Crippen LogP contribution in [0.4, 0.5) is 5.13 Å². The maximum Gasteiger partial charge on any atom is 0.369 e. The number of azo groups is 1. The number of carbonyl (C=O) groups excluding carboxylic acids is 1. The zero-order chi connectivity index (χ0) is 21.7. The summed E-state index contributed by atoms with van der Waals surface area (Å²) in [5.41, 5.74) is 1.49. The van der Waals surface area contributed by atoms with Crippen molar-refractivity contribution < 1.29 is 29.1 Å². The summed E-state index contributed by atoms with van der Waals surface area (Å²) in [5, 5.41) is 20.0. The standard InChI is InChI=1S/C21H23N3O6S/c1-2-27-28-12-16-13-31-20(22-16)24-23-17-18(25)29-21(30-19(17)26)10-8-15(9-11-21)14-6-4-3-5-7-14/h3-7,13,15,25H,2,8-12H2,1H3. The van der Waals surface area contributed by atoms with E-state index in [0.29, 0.717) is 36.2 Å². The molecule has 1 aliphatic heterocycles. The average Bonchev–Trinajstić information content (AvgIpc) is 3.22. The highest BCUT2D eigenvalue weighted by atomic mass is 32.1. The number of benzene rings is 1. The average molecular weight is 445 g/mol. The van der Waals surface area contributed by atoms with Gasteiger partial charge in [0, 0.05) is 18.2 Å². The lowest BCUT2D eigenvalue weighted by Crippen LogP contribution is -2.44. The molecule has 1 N–H and O–H groups in total. The molecule has 1 aromatic heterocycles. The van der Waals surface area contributed by atoms with E-state index < -0.39 is 17.7 Å². The monoisotopic (exact) mass is 445 g/mol. The molecule has 2 heterocycles. The normalized spacial score (nSPS) is 23.9. The fraction of sp³-hybridized carbons (Fsp3) is 0.429. The Balaban J connectivity index is 1.38. The minimum atomic E-state index is -1.16. The highest BCUT2D eigenvalue weighted by Crippen LogP contribution is 2.43. The minimum Gasteiger partial charge on any atom is -0.479 e. The Morgan fingerprint density at radius 3 is 2.68 bits per heavy atom. The van der Waals surface area contributed by atoms with E-state index in [1.54, 1.807) is 5.38 Å². The van der Waals surface area contributed by atoms with Crippen molar-refractivity contribution in [2.45, 2.75) is 50.9 Å². The first kappa shape index (κ1) is 21.4. The van der Waals surface area contributed by atoms with Gasteiger partial charge < -0.3 is 14.6 Å². The second kappa shape index (κ2) is 9.54. The second-order valence-corrected chi connectivity index (χ2v) is 8.07. The smallest absolute Gasteiger partial charge is 0.369 e. The zero-order valence-electron chi connectivity index (χ0n) is 17.0. The van der Waals surface area contributed by atoms with Crippen LogP contribution in [0.1, 0.15) is 49.8 Å². The summed E-state index contributed by atoms with van der Waals surface area (Å²) in [5.74, 6) is -2.12. The maximum atomic E-state index is 12.5. The van der Waals surface area contributed by atoms with Crippen LogP contribution in [-0.2, 0) is 30.7 Å². The molecule has 9 nitrogen and oxygen atoms in total. The molecular weight excluding hydrogens is 422 g/mol. The van der Waals surface area contributed by atoms with E-state index in [-0.39, 0.29) is 12.3 Å². The van der Waals surface area contributed by atoms with Gasteiger partial charge in [-0.15, -0.1) is 21.6 Å². The third-order valence-electron chi connectivity index (χ3n) is 5.16. The van der Waals surface area contributed by atoms with Crippen LogP contribution in [0.5, 0.6) is 0 Å². The lowest BCUT2D eigenvalue weighted by molar-refractivity contribution is -0.301. The third-order valence-corrected chi connectivity index (χ3v) is 5.93. The number of esters is 1. The molecule has 164 valence electrons. The molecule has 2 aromatic rings. The van der Waals surface area contributed by atoms with E-state index in [2.05, 4.69) is 27.3 Å². The van der Waals surface area contributed by atoms with Crippen LogP contribution >= 0.6 is 11.3 Å². The summed E-state index contributed by atoms with van der Waals surface area (Å²) in [6.07, 6.45) is 2.55. The molecular formula is C21H23N3O6S. The molecule has 2 aliphatic rings. The van der Waals surface area contributed by atoms with Gasteiger partial charge in [0.25, 0.3) is 11.5 Å². The summed E-state index contributed by atoms with van der Waals surface area (Å²) in [7, 11) is 0. The number of thiazole rings is 1. The molecule has 0 unspecified atom stereocenters. The van der Waals surface area contributed by atoms with Gasteiger partial charge >= 0.3 is 11.9 Å². The Hall–Kier alpha value is -2.82. The highest BCUT2D eigenvalue weighted by molar-refractivity contribution is 7.13. The molecule has 1 spiro atoms. The van der Waals surface area contributed by atoms with Crippen LogP contribution in [0.2, 0.25) is 0 Å². The molecule has 0 saturated heterocycles. The van der Waals surface area contributed by atoms with Crippen LogP contribution in [0.3, 0.4) is 0 Å². The van der Waals surface area contributed by atoms with E-state index in [4.69, 9.17) is 19.2 Å². The molecule has 0 bridgehead atoms. The van der Waals surface area contributed by atoms with Gasteiger partial charge in [-0.2, -0.15) is 0 Å². The largest absolute Gasteiger partial charge is 0.479 e. The van der Waals surface area contributed by atoms with Crippen molar-refractivity contribution in [1.29, 1.82) is 0 Å². The Morgan fingerprint density at radius 2 is 1.97 bits per heavy atom. The van der Waals surface area contributed by atoms with Crippen molar-refractivity contribution in [2.75, 3.05) is 6.61 Å². The van der Waals surface area contributed by atoms with Crippen molar-refractivity contribution in [1.82, 2.24) is 4.98 Å². The van der Waals surface area contributed by atoms with Crippen LogP contribution in [0.25, 0.3) is 0 Å². The van der Waals surface area contributed by atoms with Gasteiger partial charge in [-0.25, -0.2) is 19.6 Å². The molecule has 1 aromatic carbocycles. The Bertz CT molecular complexity index is 967. The quantitative estimate of drug-likeness (QED) is 0.209. The first-order valence-corrected chi connectivity index (χ1v) is 11.0. The Morgan fingerprint density at radius 1 is 1.19 bits per heavy atom. The number of aliphatic hydroxyl groups excluding tert-OH is 1. The van der Waals surface area contributed by atoms with E-state index in [1.165, 1.54) is 16.9 Å². The van der Waals surface area contributed by atoms with Gasteiger partial charge in [-0.1, -0.05) is 30.3 Å². The number of ether oxygens (including phenoxy) is 2. The van der Waals surface area contributed by atoms with Crippen molar-refractivity contribution in [2.24, 2.45) is 10.2 Å². The number of aliphatic hydroxyl groups is 1. The minimum absolute atomic E-state index is 0.172. The Kier molecular flexibility index (Phi) is 6.59. The first-order chi connectivity index (χ1) is 15.1. The summed E-state index contributed by atoms with van der Waals surface area (Å²) >= 11 is 1.21. The van der Waals surface area contributed by atoms with Crippen molar-refractivity contribution in [3.05, 3.63) is 58.6 Å².